The van der Waals surface area contributed by atoms with E-state index in [-0.39, 0.29) is 6.10 Å². The van der Waals surface area contributed by atoms with E-state index in [2.05, 4.69) is 0 Å². The molecule has 3 heteroatoms. The Hall–Kier alpha value is -0.730. The lowest BCUT2D eigenvalue weighted by Crippen LogP contribution is -2.13. The molecule has 14 heavy (non-hydrogen) atoms. The van der Waals surface area contributed by atoms with Crippen LogP contribution < -0.4 is 10.5 Å². The molecule has 0 fully saturated rings. The summed E-state index contributed by atoms with van der Waals surface area (Å²) >= 11 is 5.83. The van der Waals surface area contributed by atoms with Crippen LogP contribution in [0, 0.1) is 0 Å². The van der Waals surface area contributed by atoms with E-state index >= 15 is 0 Å². The monoisotopic (exact) mass is 213 g/mol. The van der Waals surface area contributed by atoms with Crippen LogP contribution >= 0.6 is 11.6 Å². The molecule has 0 aliphatic rings. The lowest BCUT2D eigenvalue weighted by Gasteiger charge is -2.14. The molecule has 1 unspecified atom stereocenters. The molecule has 2 nitrogen and oxygen atoms in total. The SMILES string of the molecule is CC(CCCN)Oc1cccc(Cl)c1. The summed E-state index contributed by atoms with van der Waals surface area (Å²) < 4.78 is 5.66. The maximum absolute atomic E-state index is 5.83. The number of hydrogen-bond acceptors (Lipinski definition) is 2. The fourth-order valence-electron chi connectivity index (χ4n) is 1.24. The fourth-order valence-corrected chi connectivity index (χ4v) is 1.42. The molecule has 78 valence electrons. The van der Waals surface area contributed by atoms with Gasteiger partial charge in [-0.3, -0.25) is 0 Å². The van der Waals surface area contributed by atoms with Gasteiger partial charge in [-0.05, 0) is 44.5 Å². The van der Waals surface area contributed by atoms with Crippen LogP contribution in [0.4, 0.5) is 0 Å². The minimum Gasteiger partial charge on any atom is -0.491 e. The zero-order valence-electron chi connectivity index (χ0n) is 8.37. The predicted octanol–water partition coefficient (Wildman–Crippen LogP) is 2.85. The van der Waals surface area contributed by atoms with Crippen molar-refractivity contribution in [2.75, 3.05) is 6.54 Å². The van der Waals surface area contributed by atoms with Crippen LogP contribution in [0.1, 0.15) is 19.8 Å². The van der Waals surface area contributed by atoms with Crippen LogP contribution in [0.3, 0.4) is 0 Å². The minimum absolute atomic E-state index is 0.192. The molecular formula is C11H16ClNO. The van der Waals surface area contributed by atoms with Crippen molar-refractivity contribution < 1.29 is 4.74 Å². The van der Waals surface area contributed by atoms with Gasteiger partial charge in [0.2, 0.25) is 0 Å². The average Bonchev–Trinajstić information content (AvgIpc) is 2.15. The number of benzene rings is 1. The van der Waals surface area contributed by atoms with Crippen molar-refractivity contribution >= 4 is 11.6 Å². The molecule has 0 radical (unpaired) electrons. The smallest absolute Gasteiger partial charge is 0.121 e. The number of nitrogens with two attached hydrogens (primary N) is 1. The molecule has 0 saturated heterocycles. The van der Waals surface area contributed by atoms with Gasteiger partial charge in [-0.2, -0.15) is 0 Å². The molecule has 0 aliphatic carbocycles. The van der Waals surface area contributed by atoms with E-state index in [0.717, 1.165) is 18.6 Å². The van der Waals surface area contributed by atoms with Crippen LogP contribution in [-0.4, -0.2) is 12.6 Å². The van der Waals surface area contributed by atoms with Crippen molar-refractivity contribution in [2.24, 2.45) is 5.73 Å². The van der Waals surface area contributed by atoms with Gasteiger partial charge < -0.3 is 10.5 Å². The van der Waals surface area contributed by atoms with Crippen molar-refractivity contribution in [1.82, 2.24) is 0 Å². The van der Waals surface area contributed by atoms with Gasteiger partial charge in [0, 0.05) is 5.02 Å². The van der Waals surface area contributed by atoms with E-state index in [1.807, 2.05) is 31.2 Å². The lowest BCUT2D eigenvalue weighted by atomic mass is 10.2. The first-order valence-corrected chi connectivity index (χ1v) is 5.22. The van der Waals surface area contributed by atoms with Crippen LogP contribution in [0.5, 0.6) is 5.75 Å². The molecule has 0 aromatic heterocycles. The van der Waals surface area contributed by atoms with E-state index in [0.29, 0.717) is 11.6 Å². The Labute approximate surface area is 90.0 Å². The van der Waals surface area contributed by atoms with Crippen LogP contribution in [-0.2, 0) is 0 Å². The summed E-state index contributed by atoms with van der Waals surface area (Å²) in [5, 5.41) is 0.702. The van der Waals surface area contributed by atoms with Gasteiger partial charge >= 0.3 is 0 Å². The van der Waals surface area contributed by atoms with E-state index in [1.165, 1.54) is 0 Å². The van der Waals surface area contributed by atoms with E-state index in [4.69, 9.17) is 22.1 Å². The van der Waals surface area contributed by atoms with E-state index in [1.54, 1.807) is 0 Å². The third-order valence-electron chi connectivity index (χ3n) is 1.95. The van der Waals surface area contributed by atoms with E-state index in [9.17, 15) is 0 Å². The summed E-state index contributed by atoms with van der Waals surface area (Å²) in [5.41, 5.74) is 5.42. The average molecular weight is 214 g/mol. The Bertz CT molecular complexity index is 278. The van der Waals surface area contributed by atoms with Crippen molar-refractivity contribution in [2.45, 2.75) is 25.9 Å². The molecule has 1 rings (SSSR count). The highest BCUT2D eigenvalue weighted by Gasteiger charge is 2.03. The molecule has 0 spiro atoms. The minimum atomic E-state index is 0.192. The normalized spacial score (nSPS) is 12.5. The molecule has 0 aliphatic heterocycles. The topological polar surface area (TPSA) is 35.2 Å². The van der Waals surface area contributed by atoms with Gasteiger partial charge in [-0.25, -0.2) is 0 Å². The lowest BCUT2D eigenvalue weighted by molar-refractivity contribution is 0.209. The van der Waals surface area contributed by atoms with Gasteiger partial charge in [0.25, 0.3) is 0 Å². The summed E-state index contributed by atoms with van der Waals surface area (Å²) in [6.07, 6.45) is 2.15. The second-order valence-electron chi connectivity index (χ2n) is 3.32. The standard InChI is InChI=1S/C11H16ClNO/c1-9(4-3-7-13)14-11-6-2-5-10(12)8-11/h2,5-6,8-9H,3-4,7,13H2,1H3. The van der Waals surface area contributed by atoms with E-state index < -0.39 is 0 Å². The first-order chi connectivity index (χ1) is 6.72. The molecule has 1 aromatic carbocycles. The molecule has 0 amide bonds. The summed E-state index contributed by atoms with van der Waals surface area (Å²) in [6, 6.07) is 7.44. The summed E-state index contributed by atoms with van der Waals surface area (Å²) in [5.74, 6) is 0.821. The van der Waals surface area contributed by atoms with Gasteiger partial charge in [-0.1, -0.05) is 17.7 Å². The zero-order valence-corrected chi connectivity index (χ0v) is 9.13. The van der Waals surface area contributed by atoms with Crippen LogP contribution in [0.2, 0.25) is 5.02 Å². The second-order valence-corrected chi connectivity index (χ2v) is 3.75. The predicted molar refractivity (Wildman–Crippen MR) is 59.8 cm³/mol. The highest BCUT2D eigenvalue weighted by molar-refractivity contribution is 6.30. The van der Waals surface area contributed by atoms with Gasteiger partial charge in [0.1, 0.15) is 5.75 Å². The largest absolute Gasteiger partial charge is 0.491 e. The van der Waals surface area contributed by atoms with Crippen LogP contribution in [0.15, 0.2) is 24.3 Å². The quantitative estimate of drug-likeness (QED) is 0.817. The highest BCUT2D eigenvalue weighted by Crippen LogP contribution is 2.19. The number of hydrogen-bond donors (Lipinski definition) is 1. The fraction of sp³-hybridized carbons (Fsp3) is 0.455. The second kappa shape index (κ2) is 5.89. The van der Waals surface area contributed by atoms with Gasteiger partial charge in [0.05, 0.1) is 6.10 Å². The Morgan fingerprint density at radius 3 is 2.93 bits per heavy atom. The Balaban J connectivity index is 2.43. The Morgan fingerprint density at radius 1 is 1.50 bits per heavy atom. The maximum atomic E-state index is 5.83. The summed E-state index contributed by atoms with van der Waals surface area (Å²) in [4.78, 5) is 0. The van der Waals surface area contributed by atoms with Crippen molar-refractivity contribution in [3.63, 3.8) is 0 Å². The van der Waals surface area contributed by atoms with Crippen molar-refractivity contribution in [3.05, 3.63) is 29.3 Å². The van der Waals surface area contributed by atoms with Gasteiger partial charge in [0.15, 0.2) is 0 Å². The zero-order chi connectivity index (χ0) is 10.4. The Morgan fingerprint density at radius 2 is 2.29 bits per heavy atom. The summed E-state index contributed by atoms with van der Waals surface area (Å²) in [6.45, 7) is 2.75. The number of halogens is 1. The third kappa shape index (κ3) is 3.99. The first kappa shape index (κ1) is 11.3. The summed E-state index contributed by atoms with van der Waals surface area (Å²) in [7, 11) is 0. The van der Waals surface area contributed by atoms with Crippen molar-refractivity contribution in [1.29, 1.82) is 0 Å². The number of rotatable bonds is 5. The third-order valence-corrected chi connectivity index (χ3v) is 2.18. The number of ether oxygens (including phenoxy) is 1. The van der Waals surface area contributed by atoms with Crippen molar-refractivity contribution in [3.8, 4) is 5.75 Å². The van der Waals surface area contributed by atoms with Crippen LogP contribution in [0.25, 0.3) is 0 Å². The first-order valence-electron chi connectivity index (χ1n) is 4.84. The molecule has 0 saturated carbocycles. The highest BCUT2D eigenvalue weighted by atomic mass is 35.5. The maximum Gasteiger partial charge on any atom is 0.121 e. The molecule has 1 aromatic rings. The molecular weight excluding hydrogens is 198 g/mol. The molecule has 1 atom stereocenters. The molecule has 2 N–H and O–H groups in total. The Kier molecular flexibility index (Phi) is 4.77. The molecule has 0 bridgehead atoms. The van der Waals surface area contributed by atoms with Gasteiger partial charge in [-0.15, -0.1) is 0 Å². The molecule has 0 heterocycles.